The van der Waals surface area contributed by atoms with E-state index in [1.807, 2.05) is 6.92 Å². The minimum Gasteiger partial charge on any atom is -0.399 e. The van der Waals surface area contributed by atoms with Gasteiger partial charge in [0.05, 0.1) is 13.2 Å². The molecule has 1 aromatic heterocycles. The molecule has 6 nitrogen and oxygen atoms in total. The van der Waals surface area contributed by atoms with Crippen molar-refractivity contribution in [2.45, 2.75) is 19.6 Å². The molecule has 0 amide bonds. The van der Waals surface area contributed by atoms with Crippen molar-refractivity contribution < 1.29 is 17.9 Å². The zero-order chi connectivity index (χ0) is 15.5. The highest BCUT2D eigenvalue weighted by Gasteiger charge is 2.27. The lowest BCUT2D eigenvalue weighted by Gasteiger charge is -2.09. The van der Waals surface area contributed by atoms with Gasteiger partial charge in [-0.2, -0.15) is 13.2 Å². The molecule has 0 unspecified atom stereocenters. The molecule has 2 aromatic rings. The fourth-order valence-corrected chi connectivity index (χ4v) is 1.82. The van der Waals surface area contributed by atoms with Crippen molar-refractivity contribution in [2.75, 3.05) is 18.9 Å². The van der Waals surface area contributed by atoms with E-state index < -0.39 is 12.8 Å². The number of nitrogens with two attached hydrogens (primary N) is 1. The number of nitrogens with zero attached hydrogens (tertiary/aromatic N) is 4. The van der Waals surface area contributed by atoms with Crippen molar-refractivity contribution in [2.24, 2.45) is 0 Å². The number of hydrogen-bond donors (Lipinski definition) is 1. The van der Waals surface area contributed by atoms with Gasteiger partial charge in [-0.3, -0.25) is 0 Å². The van der Waals surface area contributed by atoms with Gasteiger partial charge in [-0.05, 0) is 41.1 Å². The van der Waals surface area contributed by atoms with Crippen molar-refractivity contribution in [1.82, 2.24) is 20.2 Å². The van der Waals surface area contributed by atoms with Crippen LogP contribution >= 0.6 is 0 Å². The zero-order valence-electron chi connectivity index (χ0n) is 11.3. The molecule has 1 heterocycles. The molecule has 0 radical (unpaired) electrons. The number of benzene rings is 1. The largest absolute Gasteiger partial charge is 0.411 e. The van der Waals surface area contributed by atoms with Gasteiger partial charge in [0.25, 0.3) is 0 Å². The maximum absolute atomic E-state index is 12.0. The number of ether oxygens (including phenoxy) is 1. The Morgan fingerprint density at radius 1 is 1.33 bits per heavy atom. The Labute approximate surface area is 118 Å². The highest BCUT2D eigenvalue weighted by molar-refractivity contribution is 5.63. The van der Waals surface area contributed by atoms with E-state index >= 15 is 0 Å². The normalized spacial score (nSPS) is 11.8. The van der Waals surface area contributed by atoms with Gasteiger partial charge in [0, 0.05) is 11.3 Å². The summed E-state index contributed by atoms with van der Waals surface area (Å²) in [5.41, 5.74) is 7.93. The number of aromatic nitrogens is 4. The number of tetrazole rings is 1. The minimum absolute atomic E-state index is 0.127. The molecule has 9 heteroatoms. The quantitative estimate of drug-likeness (QED) is 0.673. The molecule has 21 heavy (non-hydrogen) atoms. The van der Waals surface area contributed by atoms with Crippen LogP contribution in [-0.4, -0.2) is 39.6 Å². The smallest absolute Gasteiger partial charge is 0.399 e. The highest BCUT2D eigenvalue weighted by Crippen LogP contribution is 2.22. The van der Waals surface area contributed by atoms with Crippen molar-refractivity contribution in [1.29, 1.82) is 0 Å². The van der Waals surface area contributed by atoms with Gasteiger partial charge >= 0.3 is 6.18 Å². The van der Waals surface area contributed by atoms with E-state index in [4.69, 9.17) is 5.73 Å². The van der Waals surface area contributed by atoms with Gasteiger partial charge in [0.1, 0.15) is 6.61 Å². The summed E-state index contributed by atoms with van der Waals surface area (Å²) in [4.78, 5) is 0. The van der Waals surface area contributed by atoms with Crippen LogP contribution < -0.4 is 5.73 Å². The second kappa shape index (κ2) is 6.08. The van der Waals surface area contributed by atoms with Gasteiger partial charge in [0.2, 0.25) is 0 Å². The van der Waals surface area contributed by atoms with Crippen LogP contribution in [0.2, 0.25) is 0 Å². The fourth-order valence-electron chi connectivity index (χ4n) is 1.82. The Kier molecular flexibility index (Phi) is 4.41. The molecule has 0 fully saturated rings. The zero-order valence-corrected chi connectivity index (χ0v) is 11.3. The lowest BCUT2D eigenvalue weighted by Crippen LogP contribution is -2.19. The third-order valence-corrected chi connectivity index (χ3v) is 2.74. The number of aryl methyl sites for hydroxylation is 1. The van der Waals surface area contributed by atoms with Crippen molar-refractivity contribution in [3.05, 3.63) is 23.8 Å². The summed E-state index contributed by atoms with van der Waals surface area (Å²) >= 11 is 0. The van der Waals surface area contributed by atoms with Crippen LogP contribution in [0.4, 0.5) is 18.9 Å². The van der Waals surface area contributed by atoms with E-state index in [2.05, 4.69) is 20.3 Å². The van der Waals surface area contributed by atoms with E-state index in [-0.39, 0.29) is 13.2 Å². The van der Waals surface area contributed by atoms with Gasteiger partial charge < -0.3 is 10.5 Å². The molecule has 1 aromatic carbocycles. The summed E-state index contributed by atoms with van der Waals surface area (Å²) in [5, 5.41) is 11.2. The predicted molar refractivity (Wildman–Crippen MR) is 69.3 cm³/mol. The Hall–Kier alpha value is -2.16. The molecular weight excluding hydrogens is 287 g/mol. The monoisotopic (exact) mass is 301 g/mol. The van der Waals surface area contributed by atoms with Gasteiger partial charge in [-0.25, -0.2) is 4.68 Å². The molecule has 114 valence electrons. The molecule has 2 N–H and O–H groups in total. The van der Waals surface area contributed by atoms with E-state index in [0.29, 0.717) is 11.5 Å². The topological polar surface area (TPSA) is 78.9 Å². The van der Waals surface area contributed by atoms with Crippen LogP contribution in [-0.2, 0) is 11.3 Å². The Morgan fingerprint density at radius 2 is 2.10 bits per heavy atom. The van der Waals surface area contributed by atoms with Crippen molar-refractivity contribution in [3.63, 3.8) is 0 Å². The molecule has 0 aliphatic heterocycles. The Balaban J connectivity index is 2.05. The SMILES string of the molecule is Cc1cc(N)ccc1-c1nnnn1CCOCC(F)(F)F. The molecule has 2 rings (SSSR count). The fraction of sp³-hybridized carbons (Fsp3) is 0.417. The third-order valence-electron chi connectivity index (χ3n) is 2.74. The standard InChI is InChI=1S/C12H14F3N5O/c1-8-6-9(16)2-3-10(8)11-17-18-19-20(11)4-5-21-7-12(13,14)15/h2-3,6H,4-5,7,16H2,1H3. The van der Waals surface area contributed by atoms with Crippen molar-refractivity contribution in [3.8, 4) is 11.4 Å². The second-order valence-corrected chi connectivity index (χ2v) is 4.47. The maximum atomic E-state index is 12.0. The van der Waals surface area contributed by atoms with Crippen LogP contribution in [0.1, 0.15) is 5.56 Å². The first-order chi connectivity index (χ1) is 9.87. The van der Waals surface area contributed by atoms with E-state index in [1.165, 1.54) is 4.68 Å². The first-order valence-electron chi connectivity index (χ1n) is 6.14. The summed E-state index contributed by atoms with van der Waals surface area (Å²) in [5.74, 6) is 0.461. The average molecular weight is 301 g/mol. The number of nitrogen functional groups attached to an aromatic ring is 1. The number of halogens is 3. The van der Waals surface area contributed by atoms with Crippen LogP contribution in [0.5, 0.6) is 0 Å². The van der Waals surface area contributed by atoms with E-state index in [9.17, 15) is 13.2 Å². The summed E-state index contributed by atoms with van der Waals surface area (Å²) < 4.78 is 41.9. The van der Waals surface area contributed by atoms with Crippen LogP contribution in [0.15, 0.2) is 18.2 Å². The number of rotatable bonds is 5. The highest BCUT2D eigenvalue weighted by atomic mass is 19.4. The summed E-state index contributed by atoms with van der Waals surface area (Å²) in [7, 11) is 0. The third kappa shape index (κ3) is 4.15. The number of alkyl halides is 3. The van der Waals surface area contributed by atoms with E-state index in [0.717, 1.165) is 11.1 Å². The van der Waals surface area contributed by atoms with Crippen LogP contribution in [0, 0.1) is 6.92 Å². The number of hydrogen-bond acceptors (Lipinski definition) is 5. The Morgan fingerprint density at radius 3 is 2.76 bits per heavy atom. The summed E-state index contributed by atoms with van der Waals surface area (Å²) in [6.45, 7) is 0.560. The lowest BCUT2D eigenvalue weighted by atomic mass is 10.1. The van der Waals surface area contributed by atoms with Crippen LogP contribution in [0.25, 0.3) is 11.4 Å². The second-order valence-electron chi connectivity index (χ2n) is 4.47. The molecular formula is C12H14F3N5O. The van der Waals surface area contributed by atoms with Gasteiger partial charge in [-0.15, -0.1) is 5.10 Å². The molecule has 0 bridgehead atoms. The average Bonchev–Trinajstić information content (AvgIpc) is 2.82. The molecule has 0 aliphatic rings. The predicted octanol–water partition coefficient (Wildman–Crippen LogP) is 1.81. The van der Waals surface area contributed by atoms with E-state index in [1.54, 1.807) is 18.2 Å². The molecule has 0 saturated carbocycles. The number of anilines is 1. The summed E-state index contributed by atoms with van der Waals surface area (Å²) in [6, 6.07) is 5.25. The molecule has 0 aliphatic carbocycles. The van der Waals surface area contributed by atoms with Gasteiger partial charge in [0.15, 0.2) is 5.82 Å². The first-order valence-corrected chi connectivity index (χ1v) is 6.14. The molecule has 0 saturated heterocycles. The Bertz CT molecular complexity index is 611. The summed E-state index contributed by atoms with van der Waals surface area (Å²) in [6.07, 6.45) is -4.34. The van der Waals surface area contributed by atoms with Crippen LogP contribution in [0.3, 0.4) is 0 Å². The molecule has 0 atom stereocenters. The van der Waals surface area contributed by atoms with Crippen molar-refractivity contribution >= 4 is 5.69 Å². The first kappa shape index (κ1) is 15.2. The van der Waals surface area contributed by atoms with Gasteiger partial charge in [-0.1, -0.05) is 0 Å². The minimum atomic E-state index is -4.34. The lowest BCUT2D eigenvalue weighted by molar-refractivity contribution is -0.174. The molecule has 0 spiro atoms. The maximum Gasteiger partial charge on any atom is 0.411 e.